The normalized spacial score (nSPS) is 10.6. The molecule has 0 saturated carbocycles. The van der Waals surface area contributed by atoms with Gasteiger partial charge in [0.05, 0.1) is 15.2 Å². The number of Topliss-reactive ketones (excluding diaryl/α,β-unsaturated/α-hetero) is 1. The van der Waals surface area contributed by atoms with Crippen molar-refractivity contribution in [1.29, 1.82) is 0 Å². The van der Waals surface area contributed by atoms with E-state index in [4.69, 9.17) is 11.6 Å². The van der Waals surface area contributed by atoms with Crippen LogP contribution in [0.4, 0.5) is 4.39 Å². The molecule has 0 aliphatic carbocycles. The van der Waals surface area contributed by atoms with E-state index in [2.05, 4.69) is 15.9 Å². The molecule has 0 spiro atoms. The third-order valence-electron chi connectivity index (χ3n) is 2.61. The number of benzene rings is 2. The van der Waals surface area contributed by atoms with Crippen LogP contribution < -0.4 is 0 Å². The second kappa shape index (κ2) is 7.25. The van der Waals surface area contributed by atoms with E-state index in [0.717, 1.165) is 10.5 Å². The Morgan fingerprint density at radius 2 is 2.00 bits per heavy atom. The lowest BCUT2D eigenvalue weighted by Crippen LogP contribution is -2.05. The molecule has 0 amide bonds. The van der Waals surface area contributed by atoms with Crippen molar-refractivity contribution in [3.05, 3.63) is 63.3 Å². The molecule has 0 radical (unpaired) electrons. The summed E-state index contributed by atoms with van der Waals surface area (Å²) in [7, 11) is 0. The van der Waals surface area contributed by atoms with E-state index in [1.807, 2.05) is 18.2 Å². The summed E-state index contributed by atoms with van der Waals surface area (Å²) in [5.41, 5.74) is 0.794. The second-order valence-corrected chi connectivity index (χ2v) is 6.46. The predicted octanol–water partition coefficient (Wildman–Crippen LogP) is 5.15. The number of carbonyl (C=O) groups is 1. The lowest BCUT2D eigenvalue weighted by Gasteiger charge is -2.04. The molecular formula is C15H11BrClFOS. The lowest BCUT2D eigenvalue weighted by molar-refractivity contribution is -0.116. The summed E-state index contributed by atoms with van der Waals surface area (Å²) < 4.78 is 13.5. The van der Waals surface area contributed by atoms with Crippen molar-refractivity contribution in [2.75, 3.05) is 5.75 Å². The quantitative estimate of drug-likeness (QED) is 0.675. The average Bonchev–Trinajstić information content (AvgIpc) is 2.42. The summed E-state index contributed by atoms with van der Waals surface area (Å²) >= 11 is 10.6. The van der Waals surface area contributed by atoms with Crippen LogP contribution in [0.1, 0.15) is 5.56 Å². The first kappa shape index (κ1) is 15.5. The summed E-state index contributed by atoms with van der Waals surface area (Å²) in [4.78, 5) is 12.8. The Labute approximate surface area is 134 Å². The molecule has 20 heavy (non-hydrogen) atoms. The molecule has 0 aliphatic heterocycles. The molecule has 0 unspecified atom stereocenters. The number of hydrogen-bond donors (Lipinski definition) is 0. The standard InChI is InChI=1S/C15H11BrClFOS/c16-12-8-10(5-6-14(12)18)7-11(19)9-20-15-4-2-1-3-13(15)17/h1-6,8H,7,9H2. The number of thioether (sulfide) groups is 1. The maximum Gasteiger partial charge on any atom is 0.147 e. The van der Waals surface area contributed by atoms with E-state index in [1.54, 1.807) is 18.2 Å². The topological polar surface area (TPSA) is 17.1 Å². The first-order chi connectivity index (χ1) is 9.56. The highest BCUT2D eigenvalue weighted by Crippen LogP contribution is 2.26. The highest BCUT2D eigenvalue weighted by Gasteiger charge is 2.08. The SMILES string of the molecule is O=C(CSc1ccccc1Cl)Cc1ccc(F)c(Br)c1. The Morgan fingerprint density at radius 3 is 2.70 bits per heavy atom. The summed E-state index contributed by atoms with van der Waals surface area (Å²) in [6.07, 6.45) is 0.288. The van der Waals surface area contributed by atoms with Gasteiger partial charge in [-0.15, -0.1) is 11.8 Å². The fourth-order valence-corrected chi connectivity index (χ4v) is 3.17. The Kier molecular flexibility index (Phi) is 5.64. The monoisotopic (exact) mass is 372 g/mol. The molecule has 104 valence electrons. The molecule has 5 heteroatoms. The van der Waals surface area contributed by atoms with Crippen LogP contribution in [0.3, 0.4) is 0 Å². The molecular weight excluding hydrogens is 363 g/mol. The van der Waals surface area contributed by atoms with Gasteiger partial charge in [0.2, 0.25) is 0 Å². The van der Waals surface area contributed by atoms with Crippen LogP contribution in [0.2, 0.25) is 5.02 Å². The van der Waals surface area contributed by atoms with Gasteiger partial charge in [-0.3, -0.25) is 4.79 Å². The van der Waals surface area contributed by atoms with Crippen LogP contribution in [0.5, 0.6) is 0 Å². The van der Waals surface area contributed by atoms with Gasteiger partial charge in [-0.2, -0.15) is 0 Å². The zero-order chi connectivity index (χ0) is 14.5. The second-order valence-electron chi connectivity index (χ2n) is 4.18. The predicted molar refractivity (Wildman–Crippen MR) is 85.0 cm³/mol. The smallest absolute Gasteiger partial charge is 0.147 e. The minimum atomic E-state index is -0.327. The van der Waals surface area contributed by atoms with Crippen LogP contribution in [-0.4, -0.2) is 11.5 Å². The molecule has 0 saturated heterocycles. The van der Waals surface area contributed by atoms with Gasteiger partial charge >= 0.3 is 0 Å². The van der Waals surface area contributed by atoms with E-state index >= 15 is 0 Å². The molecule has 0 fully saturated rings. The highest BCUT2D eigenvalue weighted by atomic mass is 79.9. The zero-order valence-corrected chi connectivity index (χ0v) is 13.6. The molecule has 0 bridgehead atoms. The summed E-state index contributed by atoms with van der Waals surface area (Å²) in [5.74, 6) is 0.0960. The van der Waals surface area contributed by atoms with Gasteiger partial charge in [-0.1, -0.05) is 29.8 Å². The third-order valence-corrected chi connectivity index (χ3v) is 4.79. The number of ketones is 1. The molecule has 0 atom stereocenters. The van der Waals surface area contributed by atoms with Crippen LogP contribution in [0.25, 0.3) is 0 Å². The number of hydrogen-bond acceptors (Lipinski definition) is 2. The maximum atomic E-state index is 13.1. The van der Waals surface area contributed by atoms with Gasteiger partial charge in [0, 0.05) is 11.3 Å². The van der Waals surface area contributed by atoms with Crippen molar-refractivity contribution in [1.82, 2.24) is 0 Å². The number of rotatable bonds is 5. The van der Waals surface area contributed by atoms with Crippen molar-refractivity contribution in [3.63, 3.8) is 0 Å². The van der Waals surface area contributed by atoms with E-state index in [0.29, 0.717) is 15.2 Å². The zero-order valence-electron chi connectivity index (χ0n) is 10.4. The molecule has 1 nitrogen and oxygen atoms in total. The fourth-order valence-electron chi connectivity index (χ4n) is 1.65. The van der Waals surface area contributed by atoms with Gasteiger partial charge in [0.1, 0.15) is 11.6 Å². The molecule has 2 rings (SSSR count). The van der Waals surface area contributed by atoms with Crippen LogP contribution in [0.15, 0.2) is 51.8 Å². The largest absolute Gasteiger partial charge is 0.298 e. The Hall–Kier alpha value is -0.840. The molecule has 0 aliphatic rings. The van der Waals surface area contributed by atoms with Crippen molar-refractivity contribution < 1.29 is 9.18 Å². The number of halogens is 3. The van der Waals surface area contributed by atoms with Crippen LogP contribution in [0, 0.1) is 5.82 Å². The Bertz CT molecular complexity index is 633. The molecule has 0 aromatic heterocycles. The molecule has 0 N–H and O–H groups in total. The third kappa shape index (κ3) is 4.33. The Balaban J connectivity index is 1.93. The lowest BCUT2D eigenvalue weighted by atomic mass is 10.1. The minimum Gasteiger partial charge on any atom is -0.298 e. The first-order valence-corrected chi connectivity index (χ1v) is 8.05. The van der Waals surface area contributed by atoms with E-state index in [9.17, 15) is 9.18 Å². The summed E-state index contributed by atoms with van der Waals surface area (Å²) in [6.45, 7) is 0. The van der Waals surface area contributed by atoms with Gasteiger partial charge in [-0.05, 0) is 45.8 Å². The maximum absolute atomic E-state index is 13.1. The van der Waals surface area contributed by atoms with Crippen LogP contribution in [-0.2, 0) is 11.2 Å². The number of carbonyl (C=O) groups excluding carboxylic acids is 1. The van der Waals surface area contributed by atoms with Crippen LogP contribution >= 0.6 is 39.3 Å². The summed E-state index contributed by atoms with van der Waals surface area (Å²) in [5, 5.41) is 0.648. The molecule has 2 aromatic carbocycles. The van der Waals surface area contributed by atoms with Crippen molar-refractivity contribution in [2.24, 2.45) is 0 Å². The van der Waals surface area contributed by atoms with Gasteiger partial charge < -0.3 is 0 Å². The fraction of sp³-hybridized carbons (Fsp3) is 0.133. The average molecular weight is 374 g/mol. The van der Waals surface area contributed by atoms with Crippen molar-refractivity contribution in [2.45, 2.75) is 11.3 Å². The summed E-state index contributed by atoms with van der Waals surface area (Å²) in [6, 6.07) is 12.0. The minimum absolute atomic E-state index is 0.0772. The van der Waals surface area contributed by atoms with Gasteiger partial charge in [0.15, 0.2) is 0 Å². The Morgan fingerprint density at radius 1 is 1.25 bits per heavy atom. The van der Waals surface area contributed by atoms with E-state index < -0.39 is 0 Å². The van der Waals surface area contributed by atoms with Gasteiger partial charge in [-0.25, -0.2) is 4.39 Å². The molecule has 2 aromatic rings. The first-order valence-electron chi connectivity index (χ1n) is 5.89. The van der Waals surface area contributed by atoms with E-state index in [-0.39, 0.29) is 18.0 Å². The molecule has 0 heterocycles. The highest BCUT2D eigenvalue weighted by molar-refractivity contribution is 9.10. The van der Waals surface area contributed by atoms with E-state index in [1.165, 1.54) is 17.8 Å². The van der Waals surface area contributed by atoms with Crippen molar-refractivity contribution in [3.8, 4) is 0 Å². The van der Waals surface area contributed by atoms with Gasteiger partial charge in [0.25, 0.3) is 0 Å². The van der Waals surface area contributed by atoms with Crippen molar-refractivity contribution >= 4 is 45.1 Å².